The van der Waals surface area contributed by atoms with Crippen LogP contribution < -0.4 is 5.32 Å². The molecule has 0 aliphatic rings. The van der Waals surface area contributed by atoms with E-state index >= 15 is 0 Å². The van der Waals surface area contributed by atoms with E-state index in [2.05, 4.69) is 36.5 Å². The van der Waals surface area contributed by atoms with Crippen molar-refractivity contribution in [3.63, 3.8) is 0 Å². The molecule has 0 saturated heterocycles. The Hall–Kier alpha value is -2.78. The van der Waals surface area contributed by atoms with Gasteiger partial charge in [0, 0.05) is 18.5 Å². The smallest absolute Gasteiger partial charge is 0.115 e. The van der Waals surface area contributed by atoms with Gasteiger partial charge in [-0.1, -0.05) is 61.5 Å². The molecule has 0 aromatic heterocycles. The van der Waals surface area contributed by atoms with E-state index in [1.807, 2.05) is 30.3 Å². The van der Waals surface area contributed by atoms with Gasteiger partial charge in [-0.05, 0) is 53.8 Å². The number of phenolic OH excluding ortho intramolecular Hbond substituents is 2. The van der Waals surface area contributed by atoms with Gasteiger partial charge in [-0.25, -0.2) is 0 Å². The van der Waals surface area contributed by atoms with E-state index in [0.29, 0.717) is 6.04 Å². The quantitative estimate of drug-likeness (QED) is 0.518. The molecule has 140 valence electrons. The standard InChI is InChI=1S/C24H27NO2/c1-2-21(25-17-18-6-4-3-5-7-18)16-24(19-8-12-22(26)13-9-19)20-10-14-23(27)15-11-20/h3-15,21,24-27H,2,16-17H2,1H3. The van der Waals surface area contributed by atoms with Crippen molar-refractivity contribution < 1.29 is 10.2 Å². The maximum absolute atomic E-state index is 9.64. The number of phenols is 2. The molecule has 3 aromatic carbocycles. The Morgan fingerprint density at radius 2 is 1.26 bits per heavy atom. The van der Waals surface area contributed by atoms with E-state index in [0.717, 1.165) is 19.4 Å². The monoisotopic (exact) mass is 361 g/mol. The Kier molecular flexibility index (Phi) is 6.50. The molecule has 3 aromatic rings. The van der Waals surface area contributed by atoms with Gasteiger partial charge in [0.1, 0.15) is 11.5 Å². The minimum Gasteiger partial charge on any atom is -0.508 e. The third kappa shape index (κ3) is 5.35. The van der Waals surface area contributed by atoms with Gasteiger partial charge in [0.25, 0.3) is 0 Å². The van der Waals surface area contributed by atoms with Crippen molar-refractivity contribution in [2.24, 2.45) is 0 Å². The van der Waals surface area contributed by atoms with Gasteiger partial charge >= 0.3 is 0 Å². The lowest BCUT2D eigenvalue weighted by Crippen LogP contribution is -2.30. The largest absolute Gasteiger partial charge is 0.508 e. The van der Waals surface area contributed by atoms with Crippen molar-refractivity contribution in [2.75, 3.05) is 0 Å². The van der Waals surface area contributed by atoms with Crippen LogP contribution >= 0.6 is 0 Å². The zero-order valence-electron chi connectivity index (χ0n) is 15.7. The minimum absolute atomic E-state index is 0.194. The maximum atomic E-state index is 9.64. The van der Waals surface area contributed by atoms with E-state index < -0.39 is 0 Å². The summed E-state index contributed by atoms with van der Waals surface area (Å²) in [7, 11) is 0. The summed E-state index contributed by atoms with van der Waals surface area (Å²) in [6.45, 7) is 3.05. The SMILES string of the molecule is CCC(CC(c1ccc(O)cc1)c1ccc(O)cc1)NCc1ccccc1. The molecule has 0 fully saturated rings. The van der Waals surface area contributed by atoms with Crippen LogP contribution in [0.25, 0.3) is 0 Å². The molecular weight excluding hydrogens is 334 g/mol. The first-order valence-corrected chi connectivity index (χ1v) is 9.51. The zero-order valence-corrected chi connectivity index (χ0v) is 15.7. The van der Waals surface area contributed by atoms with Gasteiger partial charge in [-0.3, -0.25) is 0 Å². The van der Waals surface area contributed by atoms with Gasteiger partial charge < -0.3 is 15.5 Å². The molecule has 0 bridgehead atoms. The van der Waals surface area contributed by atoms with Crippen molar-refractivity contribution in [2.45, 2.75) is 38.3 Å². The van der Waals surface area contributed by atoms with Crippen LogP contribution in [0.1, 0.15) is 42.4 Å². The first-order valence-electron chi connectivity index (χ1n) is 9.51. The molecule has 0 aliphatic heterocycles. The van der Waals surface area contributed by atoms with Crippen LogP contribution in [0, 0.1) is 0 Å². The number of nitrogens with one attached hydrogen (secondary N) is 1. The van der Waals surface area contributed by atoms with Gasteiger partial charge in [-0.2, -0.15) is 0 Å². The molecule has 0 saturated carbocycles. The highest BCUT2D eigenvalue weighted by Gasteiger charge is 2.19. The average molecular weight is 361 g/mol. The Morgan fingerprint density at radius 3 is 1.74 bits per heavy atom. The normalized spacial score (nSPS) is 12.2. The van der Waals surface area contributed by atoms with Crippen molar-refractivity contribution >= 4 is 0 Å². The number of hydrogen-bond donors (Lipinski definition) is 3. The highest BCUT2D eigenvalue weighted by molar-refractivity contribution is 5.37. The van der Waals surface area contributed by atoms with Gasteiger partial charge in [0.05, 0.1) is 0 Å². The fourth-order valence-electron chi connectivity index (χ4n) is 3.41. The van der Waals surface area contributed by atoms with Crippen molar-refractivity contribution in [1.29, 1.82) is 0 Å². The summed E-state index contributed by atoms with van der Waals surface area (Å²) in [6, 6.07) is 25.7. The molecule has 3 N–H and O–H groups in total. The fourth-order valence-corrected chi connectivity index (χ4v) is 3.41. The summed E-state index contributed by atoms with van der Waals surface area (Å²) in [4.78, 5) is 0. The third-order valence-corrected chi connectivity index (χ3v) is 5.04. The number of rotatable bonds is 8. The van der Waals surface area contributed by atoms with Crippen LogP contribution in [0.3, 0.4) is 0 Å². The number of hydrogen-bond acceptors (Lipinski definition) is 3. The van der Waals surface area contributed by atoms with E-state index in [-0.39, 0.29) is 17.4 Å². The minimum atomic E-state index is 0.194. The Labute approximate surface area is 161 Å². The Bertz CT molecular complexity index is 768. The lowest BCUT2D eigenvalue weighted by Gasteiger charge is -2.25. The van der Waals surface area contributed by atoms with Crippen LogP contribution in [-0.4, -0.2) is 16.3 Å². The second kappa shape index (κ2) is 9.24. The first kappa shape index (κ1) is 19.0. The second-order valence-electron chi connectivity index (χ2n) is 6.94. The third-order valence-electron chi connectivity index (χ3n) is 5.04. The average Bonchev–Trinajstić information content (AvgIpc) is 2.71. The summed E-state index contributed by atoms with van der Waals surface area (Å²) < 4.78 is 0. The maximum Gasteiger partial charge on any atom is 0.115 e. The van der Waals surface area contributed by atoms with Gasteiger partial charge in [-0.15, -0.1) is 0 Å². The topological polar surface area (TPSA) is 52.5 Å². The number of aromatic hydroxyl groups is 2. The lowest BCUT2D eigenvalue weighted by atomic mass is 9.85. The Morgan fingerprint density at radius 1 is 0.741 bits per heavy atom. The second-order valence-corrected chi connectivity index (χ2v) is 6.94. The van der Waals surface area contributed by atoms with E-state index in [1.54, 1.807) is 24.3 Å². The molecule has 0 radical (unpaired) electrons. The molecule has 3 rings (SSSR count). The number of benzene rings is 3. The summed E-state index contributed by atoms with van der Waals surface area (Å²) in [5, 5.41) is 23.0. The molecule has 0 heterocycles. The zero-order chi connectivity index (χ0) is 19.1. The molecule has 1 unspecified atom stereocenters. The van der Waals surface area contributed by atoms with Crippen LogP contribution in [0.15, 0.2) is 78.9 Å². The first-order chi connectivity index (χ1) is 13.2. The molecule has 1 atom stereocenters. The summed E-state index contributed by atoms with van der Waals surface area (Å²) in [5.74, 6) is 0.745. The van der Waals surface area contributed by atoms with Gasteiger partial charge in [0.2, 0.25) is 0 Å². The van der Waals surface area contributed by atoms with Crippen LogP contribution in [0.2, 0.25) is 0 Å². The predicted molar refractivity (Wildman–Crippen MR) is 110 cm³/mol. The summed E-state index contributed by atoms with van der Waals surface area (Å²) in [6.07, 6.45) is 1.97. The molecule has 3 heteroatoms. The van der Waals surface area contributed by atoms with Gasteiger partial charge in [0.15, 0.2) is 0 Å². The Balaban J connectivity index is 1.78. The molecule has 0 aliphatic carbocycles. The van der Waals surface area contributed by atoms with Crippen LogP contribution in [-0.2, 0) is 6.54 Å². The molecule has 3 nitrogen and oxygen atoms in total. The highest BCUT2D eigenvalue weighted by Crippen LogP contribution is 2.32. The lowest BCUT2D eigenvalue weighted by molar-refractivity contribution is 0.445. The van der Waals surface area contributed by atoms with Crippen LogP contribution in [0.4, 0.5) is 0 Å². The highest BCUT2D eigenvalue weighted by atomic mass is 16.3. The molecule has 0 spiro atoms. The summed E-state index contributed by atoms with van der Waals surface area (Å²) in [5.41, 5.74) is 3.61. The molecular formula is C24H27NO2. The van der Waals surface area contributed by atoms with Crippen molar-refractivity contribution in [3.8, 4) is 11.5 Å². The van der Waals surface area contributed by atoms with E-state index in [4.69, 9.17) is 0 Å². The summed E-state index contributed by atoms with van der Waals surface area (Å²) >= 11 is 0. The fraction of sp³-hybridized carbons (Fsp3) is 0.250. The van der Waals surface area contributed by atoms with Crippen molar-refractivity contribution in [3.05, 3.63) is 95.6 Å². The van der Waals surface area contributed by atoms with E-state index in [9.17, 15) is 10.2 Å². The molecule has 0 amide bonds. The van der Waals surface area contributed by atoms with Crippen LogP contribution in [0.5, 0.6) is 11.5 Å². The molecule has 27 heavy (non-hydrogen) atoms. The van der Waals surface area contributed by atoms with E-state index in [1.165, 1.54) is 16.7 Å². The van der Waals surface area contributed by atoms with Crippen molar-refractivity contribution in [1.82, 2.24) is 5.32 Å². The predicted octanol–water partition coefficient (Wildman–Crippen LogP) is 5.19.